The predicted molar refractivity (Wildman–Crippen MR) is 47.6 cm³/mol. The van der Waals surface area contributed by atoms with Crippen LogP contribution < -0.4 is 5.32 Å². The van der Waals surface area contributed by atoms with Gasteiger partial charge in [0.25, 0.3) is 0 Å². The van der Waals surface area contributed by atoms with Crippen molar-refractivity contribution in [2.75, 3.05) is 6.54 Å². The van der Waals surface area contributed by atoms with Crippen LogP contribution in [-0.2, 0) is 4.79 Å². The van der Waals surface area contributed by atoms with Gasteiger partial charge in [0.05, 0.1) is 6.04 Å². The molecule has 0 radical (unpaired) electrons. The third-order valence-corrected chi connectivity index (χ3v) is 1.55. The third kappa shape index (κ3) is 6.05. The van der Waals surface area contributed by atoms with Gasteiger partial charge in [0.1, 0.15) is 6.29 Å². The average molecular weight is 157 g/mol. The molecule has 66 valence electrons. The van der Waals surface area contributed by atoms with E-state index in [4.69, 9.17) is 0 Å². The van der Waals surface area contributed by atoms with Gasteiger partial charge in [0.15, 0.2) is 0 Å². The molecule has 0 spiro atoms. The van der Waals surface area contributed by atoms with Gasteiger partial charge in [-0.1, -0.05) is 20.8 Å². The van der Waals surface area contributed by atoms with E-state index in [-0.39, 0.29) is 6.04 Å². The van der Waals surface area contributed by atoms with Gasteiger partial charge in [-0.15, -0.1) is 0 Å². The Morgan fingerprint density at radius 2 is 2.09 bits per heavy atom. The van der Waals surface area contributed by atoms with Gasteiger partial charge in [-0.2, -0.15) is 0 Å². The summed E-state index contributed by atoms with van der Waals surface area (Å²) >= 11 is 0. The number of rotatable bonds is 6. The number of carbonyl (C=O) groups is 1. The Morgan fingerprint density at radius 1 is 1.45 bits per heavy atom. The van der Waals surface area contributed by atoms with Crippen molar-refractivity contribution in [3.63, 3.8) is 0 Å². The summed E-state index contributed by atoms with van der Waals surface area (Å²) in [6.45, 7) is 7.30. The summed E-state index contributed by atoms with van der Waals surface area (Å²) in [5, 5.41) is 3.18. The first-order chi connectivity index (χ1) is 5.20. The lowest BCUT2D eigenvalue weighted by Crippen LogP contribution is -2.32. The molecule has 1 N–H and O–H groups in total. The molecule has 0 aliphatic carbocycles. The molecule has 0 unspecified atom stereocenters. The van der Waals surface area contributed by atoms with Crippen molar-refractivity contribution in [2.45, 2.75) is 39.7 Å². The van der Waals surface area contributed by atoms with Crippen LogP contribution in [0.25, 0.3) is 0 Å². The quantitative estimate of drug-likeness (QED) is 0.593. The molecular formula is C9H19NO. The molecule has 0 rings (SSSR count). The lowest BCUT2D eigenvalue weighted by molar-refractivity contribution is -0.109. The maximum Gasteiger partial charge on any atom is 0.136 e. The van der Waals surface area contributed by atoms with E-state index in [2.05, 4.69) is 26.1 Å². The zero-order chi connectivity index (χ0) is 8.69. The number of nitrogens with one attached hydrogen (secondary N) is 1. The van der Waals surface area contributed by atoms with Crippen molar-refractivity contribution in [1.82, 2.24) is 5.32 Å². The van der Waals surface area contributed by atoms with E-state index in [9.17, 15) is 4.79 Å². The van der Waals surface area contributed by atoms with Crippen LogP contribution in [0.5, 0.6) is 0 Å². The molecular weight excluding hydrogens is 138 g/mol. The monoisotopic (exact) mass is 157 g/mol. The number of hydrogen-bond donors (Lipinski definition) is 1. The van der Waals surface area contributed by atoms with Gasteiger partial charge in [-0.25, -0.2) is 0 Å². The van der Waals surface area contributed by atoms with Gasteiger partial charge in [-0.3, -0.25) is 0 Å². The Balaban J connectivity index is 3.49. The van der Waals surface area contributed by atoms with Gasteiger partial charge >= 0.3 is 0 Å². The maximum absolute atomic E-state index is 10.5. The van der Waals surface area contributed by atoms with E-state index in [1.807, 2.05) is 0 Å². The molecule has 0 aromatic rings. The number of aldehydes is 1. The lowest BCUT2D eigenvalue weighted by Gasteiger charge is -2.13. The van der Waals surface area contributed by atoms with Crippen LogP contribution in [0.1, 0.15) is 33.6 Å². The van der Waals surface area contributed by atoms with Gasteiger partial charge < -0.3 is 10.1 Å². The van der Waals surface area contributed by atoms with Crippen LogP contribution >= 0.6 is 0 Å². The summed E-state index contributed by atoms with van der Waals surface area (Å²) in [6.07, 6.45) is 3.04. The smallest absolute Gasteiger partial charge is 0.136 e. The van der Waals surface area contributed by atoms with Crippen molar-refractivity contribution < 1.29 is 4.79 Å². The normalized spacial score (nSPS) is 13.5. The Morgan fingerprint density at radius 3 is 2.45 bits per heavy atom. The maximum atomic E-state index is 10.5. The molecule has 0 aromatic heterocycles. The summed E-state index contributed by atoms with van der Waals surface area (Å²) in [7, 11) is 0. The fourth-order valence-electron chi connectivity index (χ4n) is 1.02. The first-order valence-corrected chi connectivity index (χ1v) is 4.39. The molecule has 2 heteroatoms. The second-order valence-corrected chi connectivity index (χ2v) is 3.33. The number of hydrogen-bond acceptors (Lipinski definition) is 2. The topological polar surface area (TPSA) is 29.1 Å². The molecule has 0 aliphatic rings. The molecule has 1 atom stereocenters. The summed E-state index contributed by atoms with van der Waals surface area (Å²) in [5.41, 5.74) is 0. The van der Waals surface area contributed by atoms with Crippen molar-refractivity contribution in [2.24, 2.45) is 5.92 Å². The molecule has 0 saturated carbocycles. The molecule has 0 bridgehead atoms. The molecule has 0 saturated heterocycles. The van der Waals surface area contributed by atoms with E-state index in [1.54, 1.807) is 0 Å². The second kappa shape index (κ2) is 6.35. The first-order valence-electron chi connectivity index (χ1n) is 4.39. The highest BCUT2D eigenvalue weighted by molar-refractivity contribution is 5.57. The summed E-state index contributed by atoms with van der Waals surface area (Å²) in [6, 6.07) is 0.0648. The minimum absolute atomic E-state index is 0.0648. The highest BCUT2D eigenvalue weighted by Crippen LogP contribution is 2.02. The SMILES string of the molecule is CCCN[C@H](C=O)CC(C)C. The Bertz CT molecular complexity index is 102. The largest absolute Gasteiger partial charge is 0.308 e. The van der Waals surface area contributed by atoms with E-state index < -0.39 is 0 Å². The minimum Gasteiger partial charge on any atom is -0.308 e. The summed E-state index contributed by atoms with van der Waals surface area (Å²) in [4.78, 5) is 10.5. The molecule has 11 heavy (non-hydrogen) atoms. The standard InChI is InChI=1S/C9H19NO/c1-4-5-10-9(7-11)6-8(2)3/h7-10H,4-6H2,1-3H3/t9-/m0/s1. The zero-order valence-corrected chi connectivity index (χ0v) is 7.76. The third-order valence-electron chi connectivity index (χ3n) is 1.55. The van der Waals surface area contributed by atoms with Crippen LogP contribution in [0.15, 0.2) is 0 Å². The highest BCUT2D eigenvalue weighted by Gasteiger charge is 2.06. The highest BCUT2D eigenvalue weighted by atomic mass is 16.1. The zero-order valence-electron chi connectivity index (χ0n) is 7.76. The minimum atomic E-state index is 0.0648. The molecule has 0 aromatic carbocycles. The fraction of sp³-hybridized carbons (Fsp3) is 0.889. The van der Waals surface area contributed by atoms with E-state index >= 15 is 0 Å². The van der Waals surface area contributed by atoms with Crippen LogP contribution in [-0.4, -0.2) is 18.9 Å². The molecule has 0 aliphatic heterocycles. The van der Waals surface area contributed by atoms with Gasteiger partial charge in [-0.05, 0) is 25.3 Å². The van der Waals surface area contributed by atoms with E-state index in [0.29, 0.717) is 5.92 Å². The first kappa shape index (κ1) is 10.6. The van der Waals surface area contributed by atoms with Crippen molar-refractivity contribution in [3.8, 4) is 0 Å². The van der Waals surface area contributed by atoms with Crippen LogP contribution in [0.3, 0.4) is 0 Å². The van der Waals surface area contributed by atoms with Crippen LogP contribution in [0, 0.1) is 5.92 Å². The molecule has 0 amide bonds. The van der Waals surface area contributed by atoms with Crippen molar-refractivity contribution in [1.29, 1.82) is 0 Å². The molecule has 0 fully saturated rings. The van der Waals surface area contributed by atoms with Crippen molar-refractivity contribution >= 4 is 6.29 Å². The Hall–Kier alpha value is -0.370. The lowest BCUT2D eigenvalue weighted by atomic mass is 10.1. The van der Waals surface area contributed by atoms with Gasteiger partial charge in [0, 0.05) is 0 Å². The van der Waals surface area contributed by atoms with Crippen LogP contribution in [0.4, 0.5) is 0 Å². The number of carbonyl (C=O) groups excluding carboxylic acids is 1. The molecule has 2 nitrogen and oxygen atoms in total. The predicted octanol–water partition coefficient (Wildman–Crippen LogP) is 1.60. The van der Waals surface area contributed by atoms with Crippen LogP contribution in [0.2, 0.25) is 0 Å². The molecule has 0 heterocycles. The average Bonchev–Trinajstić information content (AvgIpc) is 1.97. The summed E-state index contributed by atoms with van der Waals surface area (Å²) in [5.74, 6) is 0.592. The van der Waals surface area contributed by atoms with Gasteiger partial charge in [0.2, 0.25) is 0 Å². The van der Waals surface area contributed by atoms with E-state index in [0.717, 1.165) is 25.7 Å². The van der Waals surface area contributed by atoms with Crippen molar-refractivity contribution in [3.05, 3.63) is 0 Å². The second-order valence-electron chi connectivity index (χ2n) is 3.33. The summed E-state index contributed by atoms with van der Waals surface area (Å²) < 4.78 is 0. The van der Waals surface area contributed by atoms with E-state index in [1.165, 1.54) is 0 Å². The fourth-order valence-corrected chi connectivity index (χ4v) is 1.02. The Labute approximate surface area is 69.4 Å². The Kier molecular flexibility index (Phi) is 6.13.